The first kappa shape index (κ1) is 22.8. The van der Waals surface area contributed by atoms with E-state index in [0.29, 0.717) is 23.8 Å². The molecule has 170 valence electrons. The van der Waals surface area contributed by atoms with Crippen LogP contribution in [0.3, 0.4) is 0 Å². The third kappa shape index (κ3) is 5.34. The van der Waals surface area contributed by atoms with Crippen molar-refractivity contribution in [3.63, 3.8) is 0 Å². The van der Waals surface area contributed by atoms with Crippen LogP contribution in [0.15, 0.2) is 72.4 Å². The van der Waals surface area contributed by atoms with Crippen molar-refractivity contribution in [2.45, 2.75) is 37.5 Å². The highest BCUT2D eigenvalue weighted by Crippen LogP contribution is 2.34. The molecule has 7 nitrogen and oxygen atoms in total. The van der Waals surface area contributed by atoms with Crippen molar-refractivity contribution in [2.24, 2.45) is 0 Å². The lowest BCUT2D eigenvalue weighted by Gasteiger charge is -2.25. The number of hydrogen-bond acceptors (Lipinski definition) is 5. The lowest BCUT2D eigenvalue weighted by Crippen LogP contribution is -2.32. The number of nitrogens with zero attached hydrogens (tertiary/aromatic N) is 4. The van der Waals surface area contributed by atoms with Gasteiger partial charge in [-0.2, -0.15) is 0 Å². The van der Waals surface area contributed by atoms with Gasteiger partial charge in [-0.3, -0.25) is 9.59 Å². The summed E-state index contributed by atoms with van der Waals surface area (Å²) in [5.41, 5.74) is 2.50. The highest BCUT2D eigenvalue weighted by Gasteiger charge is 2.34. The van der Waals surface area contributed by atoms with E-state index in [-0.39, 0.29) is 23.6 Å². The van der Waals surface area contributed by atoms with E-state index in [1.54, 1.807) is 6.08 Å². The SMILES string of the molecule is C=CCn1c(SCC(=O)Nc2ccccc2)nnc1C1CCCN1C(=O)c1cccc(C)c1. The van der Waals surface area contributed by atoms with E-state index in [2.05, 4.69) is 22.1 Å². The van der Waals surface area contributed by atoms with Crippen molar-refractivity contribution in [2.75, 3.05) is 17.6 Å². The van der Waals surface area contributed by atoms with Crippen molar-refractivity contribution in [1.29, 1.82) is 0 Å². The van der Waals surface area contributed by atoms with Crippen LogP contribution in [0.5, 0.6) is 0 Å². The number of hydrogen-bond donors (Lipinski definition) is 1. The number of thioether (sulfide) groups is 1. The summed E-state index contributed by atoms with van der Waals surface area (Å²) < 4.78 is 1.96. The van der Waals surface area contributed by atoms with E-state index < -0.39 is 0 Å². The molecule has 0 aliphatic carbocycles. The van der Waals surface area contributed by atoms with Crippen LogP contribution in [0.2, 0.25) is 0 Å². The van der Waals surface area contributed by atoms with Crippen LogP contribution >= 0.6 is 11.8 Å². The standard InChI is InChI=1S/C25H27N5O2S/c1-3-14-30-23(21-13-8-15-29(21)24(32)19-10-7-9-18(2)16-19)27-28-25(30)33-17-22(31)26-20-11-5-4-6-12-20/h3-7,9-12,16,21H,1,8,13-15,17H2,2H3,(H,26,31). The second kappa shape index (κ2) is 10.5. The summed E-state index contributed by atoms with van der Waals surface area (Å²) in [7, 11) is 0. The van der Waals surface area contributed by atoms with Gasteiger partial charge in [-0.25, -0.2) is 0 Å². The van der Waals surface area contributed by atoms with Gasteiger partial charge in [0.15, 0.2) is 11.0 Å². The topological polar surface area (TPSA) is 80.1 Å². The summed E-state index contributed by atoms with van der Waals surface area (Å²) in [5, 5.41) is 12.3. The maximum absolute atomic E-state index is 13.2. The van der Waals surface area contributed by atoms with Crippen LogP contribution in [0.25, 0.3) is 0 Å². The van der Waals surface area contributed by atoms with Gasteiger partial charge >= 0.3 is 0 Å². The molecular weight excluding hydrogens is 434 g/mol. The number of amides is 2. The van der Waals surface area contributed by atoms with E-state index in [1.165, 1.54) is 11.8 Å². The Morgan fingerprint density at radius 1 is 1.18 bits per heavy atom. The average Bonchev–Trinajstić information content (AvgIpc) is 3.45. The van der Waals surface area contributed by atoms with Gasteiger partial charge in [0.05, 0.1) is 11.8 Å². The zero-order valence-corrected chi connectivity index (χ0v) is 19.4. The Labute approximate surface area is 197 Å². The van der Waals surface area contributed by atoms with Gasteiger partial charge in [-0.15, -0.1) is 16.8 Å². The first-order valence-electron chi connectivity index (χ1n) is 11.0. The Bertz CT molecular complexity index is 1140. The number of aromatic nitrogens is 3. The average molecular weight is 462 g/mol. The van der Waals surface area contributed by atoms with Gasteiger partial charge in [-0.05, 0) is 44.0 Å². The fraction of sp³-hybridized carbons (Fsp3) is 0.280. The van der Waals surface area contributed by atoms with E-state index >= 15 is 0 Å². The third-order valence-electron chi connectivity index (χ3n) is 5.52. The summed E-state index contributed by atoms with van der Waals surface area (Å²) in [4.78, 5) is 27.5. The van der Waals surface area contributed by atoms with Crippen molar-refractivity contribution in [3.05, 3.63) is 84.2 Å². The van der Waals surface area contributed by atoms with Gasteiger partial charge < -0.3 is 14.8 Å². The van der Waals surface area contributed by atoms with Crippen molar-refractivity contribution in [1.82, 2.24) is 19.7 Å². The van der Waals surface area contributed by atoms with Crippen LogP contribution in [0, 0.1) is 6.92 Å². The normalized spacial score (nSPS) is 15.4. The highest BCUT2D eigenvalue weighted by molar-refractivity contribution is 7.99. The molecule has 33 heavy (non-hydrogen) atoms. The smallest absolute Gasteiger partial charge is 0.254 e. The molecule has 0 spiro atoms. The molecule has 1 aliphatic heterocycles. The molecule has 1 unspecified atom stereocenters. The number of carbonyl (C=O) groups excluding carboxylic acids is 2. The Morgan fingerprint density at radius 2 is 2.00 bits per heavy atom. The predicted molar refractivity (Wildman–Crippen MR) is 130 cm³/mol. The quantitative estimate of drug-likeness (QED) is 0.395. The second-order valence-electron chi connectivity index (χ2n) is 7.97. The minimum atomic E-state index is -0.155. The molecule has 0 bridgehead atoms. The van der Waals surface area contributed by atoms with Crippen LogP contribution < -0.4 is 5.32 Å². The van der Waals surface area contributed by atoms with Crippen LogP contribution in [0.4, 0.5) is 5.69 Å². The van der Waals surface area contributed by atoms with Crippen LogP contribution in [-0.2, 0) is 11.3 Å². The number of rotatable bonds is 8. The first-order chi connectivity index (χ1) is 16.1. The van der Waals surface area contributed by atoms with Gasteiger partial charge in [0.2, 0.25) is 5.91 Å². The minimum absolute atomic E-state index is 0.00537. The van der Waals surface area contributed by atoms with Crippen molar-refractivity contribution in [3.8, 4) is 0 Å². The number of aryl methyl sites for hydroxylation is 1. The number of anilines is 1. The highest BCUT2D eigenvalue weighted by atomic mass is 32.2. The molecule has 4 rings (SSSR count). The maximum atomic E-state index is 13.2. The van der Waals surface area contributed by atoms with E-state index in [1.807, 2.05) is 71.0 Å². The largest absolute Gasteiger partial charge is 0.328 e. The van der Waals surface area contributed by atoms with Gasteiger partial charge in [0.1, 0.15) is 0 Å². The Morgan fingerprint density at radius 3 is 2.76 bits per heavy atom. The van der Waals surface area contributed by atoms with E-state index in [0.717, 1.165) is 29.9 Å². The summed E-state index contributed by atoms with van der Waals surface area (Å²) >= 11 is 1.33. The molecule has 2 amide bonds. The molecular formula is C25H27N5O2S. The van der Waals surface area contributed by atoms with Crippen molar-refractivity contribution >= 4 is 29.3 Å². The number of carbonyl (C=O) groups is 2. The lowest BCUT2D eigenvalue weighted by atomic mass is 10.1. The Balaban J connectivity index is 1.50. The fourth-order valence-electron chi connectivity index (χ4n) is 4.02. The number of likely N-dealkylation sites (tertiary alicyclic amines) is 1. The van der Waals surface area contributed by atoms with E-state index in [9.17, 15) is 9.59 Å². The molecule has 1 aromatic heterocycles. The third-order valence-corrected chi connectivity index (χ3v) is 6.49. The number of benzene rings is 2. The molecule has 1 fully saturated rings. The predicted octanol–water partition coefficient (Wildman–Crippen LogP) is 4.48. The van der Waals surface area contributed by atoms with Gasteiger partial charge in [-0.1, -0.05) is 53.7 Å². The van der Waals surface area contributed by atoms with Gasteiger partial charge in [0, 0.05) is 24.3 Å². The molecule has 3 aromatic rings. The number of para-hydroxylation sites is 1. The van der Waals surface area contributed by atoms with Crippen LogP contribution in [0.1, 0.15) is 40.6 Å². The monoisotopic (exact) mass is 461 g/mol. The second-order valence-corrected chi connectivity index (χ2v) is 8.91. The summed E-state index contributed by atoms with van der Waals surface area (Å²) in [6.45, 7) is 7.03. The summed E-state index contributed by atoms with van der Waals surface area (Å²) in [6.07, 6.45) is 3.51. The molecule has 8 heteroatoms. The number of nitrogens with one attached hydrogen (secondary N) is 1. The molecule has 2 heterocycles. The molecule has 1 aliphatic rings. The zero-order chi connectivity index (χ0) is 23.2. The molecule has 1 atom stereocenters. The first-order valence-corrected chi connectivity index (χ1v) is 11.9. The summed E-state index contributed by atoms with van der Waals surface area (Å²) in [5.74, 6) is 0.837. The summed E-state index contributed by atoms with van der Waals surface area (Å²) in [6, 6.07) is 16.9. The molecule has 2 aromatic carbocycles. The molecule has 0 radical (unpaired) electrons. The van der Waals surface area contributed by atoms with Crippen LogP contribution in [-0.4, -0.2) is 43.8 Å². The molecule has 1 N–H and O–H groups in total. The molecule has 1 saturated heterocycles. The zero-order valence-electron chi connectivity index (χ0n) is 18.6. The number of allylic oxidation sites excluding steroid dienone is 1. The van der Waals surface area contributed by atoms with Gasteiger partial charge in [0.25, 0.3) is 5.91 Å². The molecule has 0 saturated carbocycles. The van der Waals surface area contributed by atoms with Crippen molar-refractivity contribution < 1.29 is 9.59 Å². The fourth-order valence-corrected chi connectivity index (χ4v) is 4.78. The Hall–Kier alpha value is -3.39. The lowest BCUT2D eigenvalue weighted by molar-refractivity contribution is -0.113. The Kier molecular flexibility index (Phi) is 7.24. The van der Waals surface area contributed by atoms with E-state index in [4.69, 9.17) is 0 Å². The maximum Gasteiger partial charge on any atom is 0.254 e. The minimum Gasteiger partial charge on any atom is -0.328 e.